The summed E-state index contributed by atoms with van der Waals surface area (Å²) in [6, 6.07) is 4.06. The molecule has 0 spiro atoms. The molecule has 0 unspecified atom stereocenters. The topological polar surface area (TPSA) is 70.3 Å². The lowest BCUT2D eigenvalue weighted by Crippen LogP contribution is -2.24. The van der Waals surface area contributed by atoms with Crippen molar-refractivity contribution in [3.8, 4) is 6.07 Å². The standard InChI is InChI=1S/C8H3F3N2O2S2/c9-8(10,11)17(14,15)7-3-6(13-16)2-1-5(7)4-12/h1-3H. The van der Waals surface area contributed by atoms with Gasteiger partial charge in [-0.15, -0.1) is 0 Å². The van der Waals surface area contributed by atoms with E-state index in [9.17, 15) is 21.6 Å². The fourth-order valence-electron chi connectivity index (χ4n) is 1.01. The van der Waals surface area contributed by atoms with Gasteiger partial charge in [-0.2, -0.15) is 22.8 Å². The second kappa shape index (κ2) is 4.38. The average Bonchev–Trinajstić information content (AvgIpc) is 2.26. The molecule has 0 heterocycles. The predicted octanol–water partition coefficient (Wildman–Crippen LogP) is 2.21. The molecule has 4 nitrogen and oxygen atoms in total. The number of hydrogen-bond donors (Lipinski definition) is 0. The molecule has 0 aromatic heterocycles. The second-order valence-corrected chi connectivity index (χ2v) is 4.92. The number of alkyl halides is 3. The molecular formula is C8H3F3N2O2S2. The molecule has 0 aliphatic carbocycles. The summed E-state index contributed by atoms with van der Waals surface area (Å²) in [6.07, 6.45) is 0. The van der Waals surface area contributed by atoms with Crippen LogP contribution in [0.5, 0.6) is 0 Å². The van der Waals surface area contributed by atoms with E-state index in [2.05, 4.69) is 16.8 Å². The van der Waals surface area contributed by atoms with Gasteiger partial charge in [0.25, 0.3) is 9.84 Å². The van der Waals surface area contributed by atoms with Crippen molar-refractivity contribution in [3.63, 3.8) is 0 Å². The Morgan fingerprint density at radius 2 is 1.94 bits per heavy atom. The minimum atomic E-state index is -5.58. The van der Waals surface area contributed by atoms with Crippen molar-refractivity contribution in [3.05, 3.63) is 23.8 Å². The van der Waals surface area contributed by atoms with E-state index in [1.165, 1.54) is 6.07 Å². The minimum absolute atomic E-state index is 0.137. The van der Waals surface area contributed by atoms with Crippen molar-refractivity contribution in [1.82, 2.24) is 0 Å². The zero-order chi connectivity index (χ0) is 13.3. The smallest absolute Gasteiger partial charge is 0.214 e. The highest BCUT2D eigenvalue weighted by atomic mass is 32.2. The highest BCUT2D eigenvalue weighted by Crippen LogP contribution is 2.33. The van der Waals surface area contributed by atoms with Gasteiger partial charge >= 0.3 is 5.51 Å². The lowest BCUT2D eigenvalue weighted by Gasteiger charge is -2.09. The van der Waals surface area contributed by atoms with Crippen molar-refractivity contribution in [2.24, 2.45) is 4.36 Å². The normalized spacial score (nSPS) is 11.9. The van der Waals surface area contributed by atoms with Crippen LogP contribution in [0.1, 0.15) is 5.56 Å². The molecular weight excluding hydrogens is 277 g/mol. The van der Waals surface area contributed by atoms with Crippen molar-refractivity contribution in [2.75, 3.05) is 0 Å². The van der Waals surface area contributed by atoms with Crippen molar-refractivity contribution < 1.29 is 21.6 Å². The summed E-state index contributed by atoms with van der Waals surface area (Å²) < 4.78 is 62.4. The zero-order valence-corrected chi connectivity index (χ0v) is 9.53. The van der Waals surface area contributed by atoms with Gasteiger partial charge in [0, 0.05) is 12.4 Å². The maximum atomic E-state index is 12.3. The van der Waals surface area contributed by atoms with Gasteiger partial charge in [-0.25, -0.2) is 8.42 Å². The number of nitrogens with zero attached hydrogens (tertiary/aromatic N) is 2. The van der Waals surface area contributed by atoms with Crippen LogP contribution in [0.25, 0.3) is 0 Å². The van der Waals surface area contributed by atoms with E-state index < -0.39 is 25.8 Å². The van der Waals surface area contributed by atoms with Crippen LogP contribution in [-0.4, -0.2) is 13.9 Å². The first-order chi connectivity index (χ1) is 7.74. The van der Waals surface area contributed by atoms with Crippen LogP contribution >= 0.6 is 0 Å². The molecule has 0 bridgehead atoms. The predicted molar refractivity (Wildman–Crippen MR) is 53.9 cm³/mol. The molecule has 1 aromatic rings. The maximum absolute atomic E-state index is 12.3. The van der Waals surface area contributed by atoms with Gasteiger partial charge in [0.15, 0.2) is 0 Å². The summed E-state index contributed by atoms with van der Waals surface area (Å²) in [6.45, 7) is 0. The fraction of sp³-hybridized carbons (Fsp3) is 0.125. The zero-order valence-electron chi connectivity index (χ0n) is 7.89. The summed E-state index contributed by atoms with van der Waals surface area (Å²) in [5.41, 5.74) is -6.22. The molecule has 1 aromatic carbocycles. The van der Waals surface area contributed by atoms with Gasteiger partial charge in [-0.05, 0) is 18.2 Å². The van der Waals surface area contributed by atoms with Crippen LogP contribution in [0.4, 0.5) is 18.9 Å². The summed E-state index contributed by atoms with van der Waals surface area (Å²) in [5.74, 6) is 0. The van der Waals surface area contributed by atoms with Crippen molar-refractivity contribution in [1.29, 1.82) is 5.26 Å². The first-order valence-corrected chi connectivity index (χ1v) is 5.77. The fourth-order valence-corrected chi connectivity index (χ4v) is 2.05. The van der Waals surface area contributed by atoms with Crippen molar-refractivity contribution >= 4 is 27.9 Å². The van der Waals surface area contributed by atoms with Crippen LogP contribution in [0.3, 0.4) is 0 Å². The molecule has 90 valence electrons. The Hall–Kier alpha value is -1.53. The highest BCUT2D eigenvalue weighted by Gasteiger charge is 2.48. The lowest BCUT2D eigenvalue weighted by molar-refractivity contribution is -0.0436. The van der Waals surface area contributed by atoms with Crippen LogP contribution in [-0.2, 0) is 22.3 Å². The van der Waals surface area contributed by atoms with Gasteiger partial charge < -0.3 is 0 Å². The molecule has 0 atom stereocenters. The summed E-state index contributed by atoms with van der Waals surface area (Å²) in [7, 11) is -5.58. The Morgan fingerprint density at radius 1 is 1.35 bits per heavy atom. The summed E-state index contributed by atoms with van der Waals surface area (Å²) in [5, 5.41) is 8.57. The van der Waals surface area contributed by atoms with E-state index in [0.29, 0.717) is 6.07 Å². The monoisotopic (exact) mass is 280 g/mol. The van der Waals surface area contributed by atoms with Crippen LogP contribution in [0.2, 0.25) is 0 Å². The van der Waals surface area contributed by atoms with Gasteiger partial charge in [-0.1, -0.05) is 0 Å². The number of rotatable bonds is 2. The molecule has 0 N–H and O–H groups in total. The molecule has 0 aliphatic heterocycles. The summed E-state index contributed by atoms with van der Waals surface area (Å²) >= 11 is 4.24. The molecule has 9 heteroatoms. The highest BCUT2D eigenvalue weighted by molar-refractivity contribution is 7.92. The minimum Gasteiger partial charge on any atom is -0.214 e. The average molecular weight is 280 g/mol. The Balaban J connectivity index is 3.61. The number of halogens is 3. The Bertz CT molecular complexity index is 602. The van der Waals surface area contributed by atoms with Gasteiger partial charge in [0.2, 0.25) is 0 Å². The Labute approximate surface area is 99.8 Å². The Morgan fingerprint density at radius 3 is 2.35 bits per heavy atom. The van der Waals surface area contributed by atoms with Gasteiger partial charge in [-0.3, -0.25) is 0 Å². The van der Waals surface area contributed by atoms with Gasteiger partial charge in [0.05, 0.1) is 16.1 Å². The van der Waals surface area contributed by atoms with Crippen LogP contribution in [0.15, 0.2) is 27.5 Å². The number of nitriles is 1. The van der Waals surface area contributed by atoms with Crippen LogP contribution in [0, 0.1) is 11.3 Å². The third-order valence-corrected chi connectivity index (χ3v) is 3.52. The second-order valence-electron chi connectivity index (χ2n) is 2.83. The number of sulfone groups is 1. The van der Waals surface area contributed by atoms with E-state index in [-0.39, 0.29) is 5.69 Å². The van der Waals surface area contributed by atoms with Crippen molar-refractivity contribution in [2.45, 2.75) is 10.4 Å². The molecule has 0 saturated carbocycles. The van der Waals surface area contributed by atoms with E-state index >= 15 is 0 Å². The molecule has 0 aliphatic rings. The SMILES string of the molecule is N#Cc1ccc(N=S)cc1S(=O)(=O)C(F)(F)F. The van der Waals surface area contributed by atoms with E-state index in [4.69, 9.17) is 5.26 Å². The number of hydrogen-bond acceptors (Lipinski definition) is 5. The molecule has 1 rings (SSSR count). The van der Waals surface area contributed by atoms with E-state index in [1.807, 2.05) is 0 Å². The quantitative estimate of drug-likeness (QED) is 0.832. The maximum Gasteiger partial charge on any atom is 0.501 e. The molecule has 0 amide bonds. The lowest BCUT2D eigenvalue weighted by atomic mass is 10.2. The molecule has 0 fully saturated rings. The molecule has 17 heavy (non-hydrogen) atoms. The van der Waals surface area contributed by atoms with Crippen LogP contribution < -0.4 is 0 Å². The molecule has 0 radical (unpaired) electrons. The summed E-state index contributed by atoms with van der Waals surface area (Å²) in [4.78, 5) is -1.14. The third-order valence-electron chi connectivity index (χ3n) is 1.79. The first-order valence-electron chi connectivity index (χ1n) is 3.93. The Kier molecular flexibility index (Phi) is 3.49. The largest absolute Gasteiger partial charge is 0.501 e. The number of benzene rings is 1. The molecule has 0 saturated heterocycles. The van der Waals surface area contributed by atoms with E-state index in [1.54, 1.807) is 0 Å². The van der Waals surface area contributed by atoms with Gasteiger partial charge in [0.1, 0.15) is 6.07 Å². The third kappa shape index (κ3) is 2.42. The van der Waals surface area contributed by atoms with E-state index in [0.717, 1.165) is 12.1 Å². The first kappa shape index (κ1) is 13.5.